The third-order valence-electron chi connectivity index (χ3n) is 2.13. The van der Waals surface area contributed by atoms with Crippen molar-refractivity contribution in [3.8, 4) is 5.75 Å². The van der Waals surface area contributed by atoms with Gasteiger partial charge in [-0.25, -0.2) is 4.79 Å². The quantitative estimate of drug-likeness (QED) is 0.340. The molecule has 0 amide bonds. The molecule has 0 fully saturated rings. The fourth-order valence-electron chi connectivity index (χ4n) is 1.27. The Balaban J connectivity index is 2.27. The van der Waals surface area contributed by atoms with E-state index in [2.05, 4.69) is 4.74 Å². The second kappa shape index (κ2) is 7.44. The molecule has 0 saturated heterocycles. The molecule has 0 aromatic heterocycles. The zero-order chi connectivity index (χ0) is 12.5. The normalized spacial score (nSPS) is 9.71. The first-order chi connectivity index (χ1) is 8.22. The van der Waals surface area contributed by atoms with Gasteiger partial charge in [0.05, 0.1) is 0 Å². The number of esters is 1. The Labute approximate surface area is 101 Å². The number of ether oxygens (including phenoxy) is 2. The van der Waals surface area contributed by atoms with E-state index in [1.165, 1.54) is 0 Å². The van der Waals surface area contributed by atoms with Crippen LogP contribution in [0.3, 0.4) is 0 Å². The summed E-state index contributed by atoms with van der Waals surface area (Å²) in [5.41, 5.74) is 0. The van der Waals surface area contributed by atoms with Gasteiger partial charge in [0.1, 0.15) is 5.75 Å². The van der Waals surface area contributed by atoms with Gasteiger partial charge in [0.25, 0.3) is 0 Å². The third-order valence-corrected chi connectivity index (χ3v) is 2.13. The highest BCUT2D eigenvalue weighted by molar-refractivity contribution is 5.82. The minimum atomic E-state index is -0.974. The van der Waals surface area contributed by atoms with Crippen LogP contribution >= 0.6 is 0 Å². The Morgan fingerprint density at radius 3 is 2.47 bits per heavy atom. The van der Waals surface area contributed by atoms with Crippen molar-refractivity contribution in [3.05, 3.63) is 30.3 Å². The van der Waals surface area contributed by atoms with E-state index < -0.39 is 12.1 Å². The number of para-hydroxylation sites is 1. The van der Waals surface area contributed by atoms with Gasteiger partial charge in [-0.1, -0.05) is 38.0 Å². The van der Waals surface area contributed by atoms with Gasteiger partial charge >= 0.3 is 12.1 Å². The Hall–Kier alpha value is -1.84. The average Bonchev–Trinajstić information content (AvgIpc) is 2.30. The molecule has 0 saturated carbocycles. The summed E-state index contributed by atoms with van der Waals surface area (Å²) < 4.78 is 9.31. The van der Waals surface area contributed by atoms with Crippen LogP contribution in [0, 0.1) is 0 Å². The number of unbranched alkanes of at least 4 members (excludes halogenated alkanes) is 2. The lowest BCUT2D eigenvalue weighted by atomic mass is 10.2. The Bertz CT molecular complexity index is 359. The number of benzene rings is 1. The molecule has 0 radical (unpaired) electrons. The van der Waals surface area contributed by atoms with Gasteiger partial charge in [0, 0.05) is 6.42 Å². The van der Waals surface area contributed by atoms with Crippen LogP contribution in [0.5, 0.6) is 5.75 Å². The summed E-state index contributed by atoms with van der Waals surface area (Å²) >= 11 is 0. The highest BCUT2D eigenvalue weighted by atomic mass is 16.7. The first-order valence-corrected chi connectivity index (χ1v) is 5.70. The minimum Gasteiger partial charge on any atom is -0.395 e. The zero-order valence-corrected chi connectivity index (χ0v) is 9.85. The summed E-state index contributed by atoms with van der Waals surface area (Å²) in [7, 11) is 0. The maximum Gasteiger partial charge on any atom is 0.521 e. The molecule has 0 atom stereocenters. The first-order valence-electron chi connectivity index (χ1n) is 5.70. The molecular formula is C13H16O4. The Kier molecular flexibility index (Phi) is 5.79. The van der Waals surface area contributed by atoms with Crippen LogP contribution in [-0.2, 0) is 9.53 Å². The molecule has 0 bridgehead atoms. The van der Waals surface area contributed by atoms with Gasteiger partial charge in [0.15, 0.2) is 0 Å². The van der Waals surface area contributed by atoms with E-state index in [9.17, 15) is 9.59 Å². The van der Waals surface area contributed by atoms with Crippen LogP contribution in [-0.4, -0.2) is 12.1 Å². The summed E-state index contributed by atoms with van der Waals surface area (Å²) in [5, 5.41) is 0. The first kappa shape index (κ1) is 13.2. The van der Waals surface area contributed by atoms with Crippen molar-refractivity contribution in [2.45, 2.75) is 32.6 Å². The van der Waals surface area contributed by atoms with Crippen LogP contribution in [0.4, 0.5) is 4.79 Å². The van der Waals surface area contributed by atoms with Gasteiger partial charge in [-0.15, -0.1) is 0 Å². The summed E-state index contributed by atoms with van der Waals surface area (Å²) in [6.45, 7) is 2.04. The second-order valence-corrected chi connectivity index (χ2v) is 3.60. The topological polar surface area (TPSA) is 52.6 Å². The molecular weight excluding hydrogens is 220 g/mol. The van der Waals surface area contributed by atoms with Crippen LogP contribution < -0.4 is 4.74 Å². The molecule has 4 nitrogen and oxygen atoms in total. The van der Waals surface area contributed by atoms with Gasteiger partial charge in [0.2, 0.25) is 0 Å². The highest BCUT2D eigenvalue weighted by Gasteiger charge is 2.11. The SMILES string of the molecule is CCCCCC(=O)OC(=O)Oc1ccccc1. The van der Waals surface area contributed by atoms with E-state index in [1.54, 1.807) is 30.3 Å². The highest BCUT2D eigenvalue weighted by Crippen LogP contribution is 2.09. The Morgan fingerprint density at radius 2 is 1.82 bits per heavy atom. The van der Waals surface area contributed by atoms with Crippen LogP contribution in [0.25, 0.3) is 0 Å². The van der Waals surface area contributed by atoms with Crippen LogP contribution in [0.2, 0.25) is 0 Å². The standard InChI is InChI=1S/C13H16O4/c1-2-3-5-10-12(14)17-13(15)16-11-8-6-4-7-9-11/h4,6-9H,2-3,5,10H2,1H3. The van der Waals surface area contributed by atoms with Crippen LogP contribution in [0.15, 0.2) is 30.3 Å². The van der Waals surface area contributed by atoms with Crippen molar-refractivity contribution in [1.29, 1.82) is 0 Å². The van der Waals surface area contributed by atoms with Crippen molar-refractivity contribution >= 4 is 12.1 Å². The summed E-state index contributed by atoms with van der Waals surface area (Å²) in [4.78, 5) is 22.4. The number of hydrogen-bond acceptors (Lipinski definition) is 4. The molecule has 0 unspecified atom stereocenters. The fraction of sp³-hybridized carbons (Fsp3) is 0.385. The predicted octanol–water partition coefficient (Wildman–Crippen LogP) is 3.31. The molecule has 0 N–H and O–H groups in total. The molecule has 1 aromatic carbocycles. The molecule has 92 valence electrons. The number of carbonyl (C=O) groups excluding carboxylic acids is 2. The van der Waals surface area contributed by atoms with E-state index in [1.807, 2.05) is 6.92 Å². The molecule has 0 aliphatic heterocycles. The number of hydrogen-bond donors (Lipinski definition) is 0. The van der Waals surface area contributed by atoms with E-state index in [0.29, 0.717) is 5.75 Å². The molecule has 0 aliphatic rings. The third kappa shape index (κ3) is 5.70. The van der Waals surface area contributed by atoms with Gasteiger partial charge < -0.3 is 9.47 Å². The maximum absolute atomic E-state index is 11.2. The minimum absolute atomic E-state index is 0.248. The van der Waals surface area contributed by atoms with Crippen LogP contribution in [0.1, 0.15) is 32.6 Å². The second-order valence-electron chi connectivity index (χ2n) is 3.60. The van der Waals surface area contributed by atoms with Crippen molar-refractivity contribution in [2.24, 2.45) is 0 Å². The van der Waals surface area contributed by atoms with Crippen molar-refractivity contribution in [2.75, 3.05) is 0 Å². The average molecular weight is 236 g/mol. The van der Waals surface area contributed by atoms with E-state index in [-0.39, 0.29) is 6.42 Å². The summed E-state index contributed by atoms with van der Waals surface area (Å²) in [6, 6.07) is 8.48. The van der Waals surface area contributed by atoms with E-state index in [0.717, 1.165) is 19.3 Å². The number of carbonyl (C=O) groups is 2. The smallest absolute Gasteiger partial charge is 0.395 e. The van der Waals surface area contributed by atoms with Crippen molar-refractivity contribution in [3.63, 3.8) is 0 Å². The lowest BCUT2D eigenvalue weighted by Crippen LogP contribution is -2.16. The van der Waals surface area contributed by atoms with Gasteiger partial charge in [-0.2, -0.15) is 0 Å². The monoisotopic (exact) mass is 236 g/mol. The summed E-state index contributed by atoms with van der Waals surface area (Å²) in [5.74, 6) is -0.182. The molecule has 17 heavy (non-hydrogen) atoms. The largest absolute Gasteiger partial charge is 0.521 e. The van der Waals surface area contributed by atoms with Crippen molar-refractivity contribution in [1.82, 2.24) is 0 Å². The molecule has 0 aliphatic carbocycles. The van der Waals surface area contributed by atoms with E-state index >= 15 is 0 Å². The molecule has 0 spiro atoms. The molecule has 4 heteroatoms. The number of rotatable bonds is 5. The zero-order valence-electron chi connectivity index (χ0n) is 9.85. The fourth-order valence-corrected chi connectivity index (χ4v) is 1.27. The molecule has 1 aromatic rings. The lowest BCUT2D eigenvalue weighted by molar-refractivity contribution is -0.138. The maximum atomic E-state index is 11.2. The van der Waals surface area contributed by atoms with E-state index in [4.69, 9.17) is 4.74 Å². The summed E-state index contributed by atoms with van der Waals surface area (Å²) in [6.07, 6.45) is 1.97. The van der Waals surface area contributed by atoms with Crippen molar-refractivity contribution < 1.29 is 19.1 Å². The predicted molar refractivity (Wildman–Crippen MR) is 62.7 cm³/mol. The van der Waals surface area contributed by atoms with Gasteiger partial charge in [-0.05, 0) is 18.6 Å². The lowest BCUT2D eigenvalue weighted by Gasteiger charge is -2.03. The molecule has 0 heterocycles. The van der Waals surface area contributed by atoms with Gasteiger partial charge in [-0.3, -0.25) is 4.79 Å². The molecule has 1 rings (SSSR count). The Morgan fingerprint density at radius 1 is 1.12 bits per heavy atom.